The highest BCUT2D eigenvalue weighted by Gasteiger charge is 2.26. The molecule has 0 spiro atoms. The van der Waals surface area contributed by atoms with Crippen molar-refractivity contribution < 1.29 is 0 Å². The molecule has 1 aromatic rings. The number of hydrogen-bond donors (Lipinski definition) is 3. The lowest BCUT2D eigenvalue weighted by Crippen LogP contribution is -2.51. The van der Waals surface area contributed by atoms with Crippen LogP contribution in [0.4, 0.5) is 0 Å². The Labute approximate surface area is 91.7 Å². The highest BCUT2D eigenvalue weighted by Crippen LogP contribution is 2.18. The fourth-order valence-electron chi connectivity index (χ4n) is 2.28. The van der Waals surface area contributed by atoms with Gasteiger partial charge in [0.25, 0.3) is 0 Å². The van der Waals surface area contributed by atoms with Gasteiger partial charge in [0, 0.05) is 30.5 Å². The van der Waals surface area contributed by atoms with Gasteiger partial charge in [-0.2, -0.15) is 0 Å². The number of aromatic nitrogens is 1. The molecule has 1 saturated heterocycles. The molecule has 15 heavy (non-hydrogen) atoms. The quantitative estimate of drug-likeness (QED) is 0.705. The molecule has 1 unspecified atom stereocenters. The molecule has 1 atom stereocenters. The van der Waals surface area contributed by atoms with Crippen LogP contribution in [-0.2, 0) is 6.54 Å². The molecule has 0 aliphatic carbocycles. The smallest absolute Gasteiger partial charge is 0.0223 e. The summed E-state index contributed by atoms with van der Waals surface area (Å²) in [5, 5.41) is 7.15. The van der Waals surface area contributed by atoms with Crippen LogP contribution in [0.15, 0.2) is 18.5 Å². The summed E-state index contributed by atoms with van der Waals surface area (Å²) in [6.07, 6.45) is 6.47. The van der Waals surface area contributed by atoms with E-state index in [0.29, 0.717) is 6.04 Å². The van der Waals surface area contributed by atoms with Crippen molar-refractivity contribution in [2.75, 3.05) is 6.54 Å². The summed E-state index contributed by atoms with van der Waals surface area (Å²) in [6.45, 7) is 6.65. The van der Waals surface area contributed by atoms with E-state index in [1.54, 1.807) is 0 Å². The van der Waals surface area contributed by atoms with E-state index in [1.165, 1.54) is 18.4 Å². The molecule has 3 heteroatoms. The maximum atomic E-state index is 3.62. The second-order valence-electron chi connectivity index (χ2n) is 5.10. The number of hydrogen-bond acceptors (Lipinski definition) is 2. The topological polar surface area (TPSA) is 39.9 Å². The van der Waals surface area contributed by atoms with E-state index in [0.717, 1.165) is 13.1 Å². The molecule has 0 amide bonds. The van der Waals surface area contributed by atoms with Gasteiger partial charge >= 0.3 is 0 Å². The van der Waals surface area contributed by atoms with Crippen LogP contribution in [0.5, 0.6) is 0 Å². The summed E-state index contributed by atoms with van der Waals surface area (Å²) < 4.78 is 0. The highest BCUT2D eigenvalue weighted by molar-refractivity contribution is 5.08. The Morgan fingerprint density at radius 1 is 1.53 bits per heavy atom. The number of aromatic amines is 1. The van der Waals surface area contributed by atoms with Crippen LogP contribution in [0.2, 0.25) is 0 Å². The molecular formula is C12H21N3. The molecule has 1 aliphatic heterocycles. The molecule has 84 valence electrons. The van der Waals surface area contributed by atoms with Crippen molar-refractivity contribution in [1.29, 1.82) is 0 Å². The molecular weight excluding hydrogens is 186 g/mol. The van der Waals surface area contributed by atoms with Crippen LogP contribution in [0, 0.1) is 0 Å². The van der Waals surface area contributed by atoms with Gasteiger partial charge in [0.2, 0.25) is 0 Å². The Balaban J connectivity index is 1.80. The minimum Gasteiger partial charge on any atom is -0.367 e. The highest BCUT2D eigenvalue weighted by atomic mass is 15.0. The van der Waals surface area contributed by atoms with Gasteiger partial charge in [0.1, 0.15) is 0 Å². The monoisotopic (exact) mass is 207 g/mol. The van der Waals surface area contributed by atoms with Crippen molar-refractivity contribution in [3.05, 3.63) is 24.0 Å². The van der Waals surface area contributed by atoms with E-state index < -0.39 is 0 Å². The van der Waals surface area contributed by atoms with Crippen molar-refractivity contribution in [2.24, 2.45) is 0 Å². The largest absolute Gasteiger partial charge is 0.367 e. The van der Waals surface area contributed by atoms with Gasteiger partial charge in [0.15, 0.2) is 0 Å². The number of piperidine rings is 1. The molecule has 2 heterocycles. The minimum atomic E-state index is 0.286. The maximum absolute atomic E-state index is 3.62. The van der Waals surface area contributed by atoms with E-state index in [1.807, 2.05) is 6.20 Å². The standard InChI is InChI=1S/C12H21N3/c1-12(2)7-11(4-6-15-12)14-9-10-3-5-13-8-10/h3,5,8,11,13-15H,4,6-7,9H2,1-2H3. The summed E-state index contributed by atoms with van der Waals surface area (Å²) in [5.74, 6) is 0. The predicted molar refractivity (Wildman–Crippen MR) is 62.7 cm³/mol. The van der Waals surface area contributed by atoms with Crippen LogP contribution in [0.25, 0.3) is 0 Å². The number of rotatable bonds is 3. The first-order valence-electron chi connectivity index (χ1n) is 5.76. The molecule has 1 fully saturated rings. The molecule has 0 aromatic carbocycles. The van der Waals surface area contributed by atoms with Gasteiger partial charge < -0.3 is 15.6 Å². The Kier molecular flexibility index (Phi) is 3.12. The molecule has 3 nitrogen and oxygen atoms in total. The fraction of sp³-hybridized carbons (Fsp3) is 0.667. The molecule has 1 aliphatic rings. The Morgan fingerprint density at radius 2 is 2.40 bits per heavy atom. The van der Waals surface area contributed by atoms with Crippen LogP contribution >= 0.6 is 0 Å². The van der Waals surface area contributed by atoms with E-state index in [-0.39, 0.29) is 5.54 Å². The summed E-state index contributed by atoms with van der Waals surface area (Å²) in [7, 11) is 0. The normalized spacial score (nSPS) is 25.3. The first-order chi connectivity index (χ1) is 7.16. The first kappa shape index (κ1) is 10.7. The molecule has 3 N–H and O–H groups in total. The predicted octanol–water partition coefficient (Wildman–Crippen LogP) is 1.63. The minimum absolute atomic E-state index is 0.286. The van der Waals surface area contributed by atoms with Gasteiger partial charge in [-0.1, -0.05) is 0 Å². The first-order valence-corrected chi connectivity index (χ1v) is 5.76. The van der Waals surface area contributed by atoms with Crippen molar-refractivity contribution in [3.63, 3.8) is 0 Å². The average Bonchev–Trinajstić information content (AvgIpc) is 2.65. The number of H-pyrrole nitrogens is 1. The summed E-state index contributed by atoms with van der Waals surface area (Å²) in [6, 6.07) is 2.77. The molecule has 0 radical (unpaired) electrons. The third kappa shape index (κ3) is 3.08. The summed E-state index contributed by atoms with van der Waals surface area (Å²) in [5.41, 5.74) is 1.62. The molecule has 2 rings (SSSR count). The SMILES string of the molecule is CC1(C)CC(NCc2cc[nH]c2)CCN1. The van der Waals surface area contributed by atoms with Gasteiger partial charge in [-0.05, 0) is 44.9 Å². The van der Waals surface area contributed by atoms with Crippen molar-refractivity contribution in [1.82, 2.24) is 15.6 Å². The van der Waals surface area contributed by atoms with Crippen LogP contribution in [-0.4, -0.2) is 23.1 Å². The van der Waals surface area contributed by atoms with Crippen molar-refractivity contribution in [3.8, 4) is 0 Å². The van der Waals surface area contributed by atoms with Crippen LogP contribution in [0.1, 0.15) is 32.3 Å². The third-order valence-electron chi connectivity index (χ3n) is 3.11. The molecule has 1 aromatic heterocycles. The van der Waals surface area contributed by atoms with Crippen LogP contribution < -0.4 is 10.6 Å². The van der Waals surface area contributed by atoms with Gasteiger partial charge in [-0.25, -0.2) is 0 Å². The zero-order chi connectivity index (χ0) is 10.7. The fourth-order valence-corrected chi connectivity index (χ4v) is 2.28. The Hall–Kier alpha value is -0.800. The number of nitrogens with one attached hydrogen (secondary N) is 3. The summed E-state index contributed by atoms with van der Waals surface area (Å²) in [4.78, 5) is 3.08. The lowest BCUT2D eigenvalue weighted by Gasteiger charge is -2.37. The second-order valence-corrected chi connectivity index (χ2v) is 5.10. The van der Waals surface area contributed by atoms with Gasteiger partial charge in [0.05, 0.1) is 0 Å². The average molecular weight is 207 g/mol. The molecule has 0 saturated carbocycles. The second kappa shape index (κ2) is 4.37. The lowest BCUT2D eigenvalue weighted by molar-refractivity contribution is 0.247. The van der Waals surface area contributed by atoms with E-state index >= 15 is 0 Å². The summed E-state index contributed by atoms with van der Waals surface area (Å²) >= 11 is 0. The Morgan fingerprint density at radius 3 is 3.07 bits per heavy atom. The zero-order valence-corrected chi connectivity index (χ0v) is 9.64. The lowest BCUT2D eigenvalue weighted by atomic mass is 9.89. The van der Waals surface area contributed by atoms with E-state index in [2.05, 4.69) is 41.7 Å². The Bertz CT molecular complexity index is 290. The van der Waals surface area contributed by atoms with Gasteiger partial charge in [-0.15, -0.1) is 0 Å². The maximum Gasteiger partial charge on any atom is 0.0223 e. The van der Waals surface area contributed by atoms with E-state index in [4.69, 9.17) is 0 Å². The zero-order valence-electron chi connectivity index (χ0n) is 9.64. The van der Waals surface area contributed by atoms with Crippen molar-refractivity contribution in [2.45, 2.75) is 44.8 Å². The van der Waals surface area contributed by atoms with Crippen molar-refractivity contribution >= 4 is 0 Å². The van der Waals surface area contributed by atoms with E-state index in [9.17, 15) is 0 Å². The van der Waals surface area contributed by atoms with Gasteiger partial charge in [-0.3, -0.25) is 0 Å². The molecule has 0 bridgehead atoms. The third-order valence-corrected chi connectivity index (χ3v) is 3.11. The van der Waals surface area contributed by atoms with Crippen LogP contribution in [0.3, 0.4) is 0 Å².